The van der Waals surface area contributed by atoms with Crippen LogP contribution in [0.5, 0.6) is 0 Å². The van der Waals surface area contributed by atoms with Gasteiger partial charge in [0.05, 0.1) is 13.2 Å². The van der Waals surface area contributed by atoms with E-state index in [-0.39, 0.29) is 12.0 Å². The fourth-order valence-electron chi connectivity index (χ4n) is 6.33. The molecule has 0 unspecified atom stereocenters. The zero-order chi connectivity index (χ0) is 34.9. The molecule has 6 nitrogen and oxygen atoms in total. The number of hydrogen-bond donors (Lipinski definition) is 2. The largest absolute Gasteiger partial charge is 0.450 e. The molecule has 0 aromatic carbocycles. The normalized spacial score (nSPS) is 11.2. The monoisotopic (exact) mass is 681 g/mol. The molecule has 0 aliphatic carbocycles. The summed E-state index contributed by atoms with van der Waals surface area (Å²) in [6.07, 6.45) is 44.9. The Labute approximate surface area is 299 Å². The maximum absolute atomic E-state index is 11.9. The molecule has 0 atom stereocenters. The lowest BCUT2D eigenvalue weighted by Crippen LogP contribution is -2.25. The number of carbonyl (C=O) groups excluding carboxylic acids is 1. The van der Waals surface area contributed by atoms with Crippen molar-refractivity contribution in [2.24, 2.45) is 0 Å². The minimum atomic E-state index is -0.325. The van der Waals surface area contributed by atoms with Crippen LogP contribution in [0.4, 0.5) is 4.79 Å². The predicted molar refractivity (Wildman–Crippen MR) is 207 cm³/mol. The average Bonchev–Trinajstić information content (AvgIpc) is 3.09. The Hall–Kier alpha value is -1.30. The minimum Gasteiger partial charge on any atom is -0.450 e. The van der Waals surface area contributed by atoms with Gasteiger partial charge < -0.3 is 14.9 Å². The summed E-state index contributed by atoms with van der Waals surface area (Å²) >= 11 is 0. The molecule has 0 aromatic rings. The van der Waals surface area contributed by atoms with E-state index >= 15 is 0 Å². The van der Waals surface area contributed by atoms with Gasteiger partial charge in [-0.05, 0) is 25.7 Å². The lowest BCUT2D eigenvalue weighted by Gasteiger charge is -2.08. The van der Waals surface area contributed by atoms with E-state index in [0.29, 0.717) is 26.2 Å². The van der Waals surface area contributed by atoms with Gasteiger partial charge in [-0.25, -0.2) is 4.79 Å². The summed E-state index contributed by atoms with van der Waals surface area (Å²) in [5, 5.41) is 10.8. The van der Waals surface area contributed by atoms with Crippen molar-refractivity contribution in [3.63, 3.8) is 0 Å². The van der Waals surface area contributed by atoms with Gasteiger partial charge in [-0.2, -0.15) is 4.89 Å². The van der Waals surface area contributed by atoms with Crippen LogP contribution in [0.1, 0.15) is 239 Å². The molecule has 0 aliphatic heterocycles. The van der Waals surface area contributed by atoms with Crippen LogP contribution in [0.3, 0.4) is 0 Å². The van der Waals surface area contributed by atoms with Crippen LogP contribution in [0.15, 0.2) is 0 Å². The van der Waals surface area contributed by atoms with E-state index in [9.17, 15) is 4.79 Å². The first-order chi connectivity index (χ1) is 23.7. The van der Waals surface area contributed by atoms with E-state index in [1.165, 1.54) is 186 Å². The zero-order valence-electron chi connectivity index (χ0n) is 32.5. The van der Waals surface area contributed by atoms with Crippen molar-refractivity contribution >= 4 is 12.0 Å². The highest BCUT2D eigenvalue weighted by Gasteiger charge is 2.03. The van der Waals surface area contributed by atoms with Gasteiger partial charge in [-0.15, -0.1) is 0 Å². The van der Waals surface area contributed by atoms with Gasteiger partial charge in [-0.3, -0.25) is 5.41 Å². The van der Waals surface area contributed by atoms with Crippen LogP contribution >= 0.6 is 0 Å². The van der Waals surface area contributed by atoms with Crippen molar-refractivity contribution < 1.29 is 19.3 Å². The van der Waals surface area contributed by atoms with Crippen LogP contribution in [-0.2, 0) is 14.5 Å². The maximum Gasteiger partial charge on any atom is 0.407 e. The Kier molecular flexibility index (Phi) is 40.7. The van der Waals surface area contributed by atoms with Crippen LogP contribution < -0.4 is 5.32 Å². The average molecular weight is 681 g/mol. The second kappa shape index (κ2) is 41.9. The molecule has 6 heteroatoms. The number of ether oxygens (including phenoxy) is 1. The molecule has 0 aliphatic rings. The van der Waals surface area contributed by atoms with Crippen LogP contribution in [0, 0.1) is 5.41 Å². The van der Waals surface area contributed by atoms with Crippen molar-refractivity contribution in [3.05, 3.63) is 0 Å². The summed E-state index contributed by atoms with van der Waals surface area (Å²) in [7, 11) is 0. The van der Waals surface area contributed by atoms with Crippen molar-refractivity contribution in [1.29, 1.82) is 5.41 Å². The number of hydrogen-bond acceptors (Lipinski definition) is 5. The summed E-state index contributed by atoms with van der Waals surface area (Å²) in [5.74, 6) is 0.213. The summed E-state index contributed by atoms with van der Waals surface area (Å²) in [5.41, 5.74) is 0. The van der Waals surface area contributed by atoms with Crippen LogP contribution in [0.25, 0.3) is 0 Å². The molecule has 0 rings (SSSR count). The third kappa shape index (κ3) is 40.9. The molecule has 0 spiro atoms. The molecule has 0 saturated heterocycles. The molecule has 48 heavy (non-hydrogen) atoms. The number of carbonyl (C=O) groups is 1. The third-order valence-electron chi connectivity index (χ3n) is 9.57. The Morgan fingerprint density at radius 2 is 0.771 bits per heavy atom. The topological polar surface area (TPSA) is 80.6 Å². The summed E-state index contributed by atoms with van der Waals surface area (Å²) < 4.78 is 5.25. The molecule has 0 aromatic heterocycles. The highest BCUT2D eigenvalue weighted by molar-refractivity contribution is 5.71. The quantitative estimate of drug-likeness (QED) is 0.0222. The van der Waals surface area contributed by atoms with Gasteiger partial charge in [0.2, 0.25) is 5.90 Å². The molecule has 0 radical (unpaired) electrons. The highest BCUT2D eigenvalue weighted by atomic mass is 17.2. The Morgan fingerprint density at radius 1 is 0.438 bits per heavy atom. The number of rotatable bonds is 40. The first-order valence-corrected chi connectivity index (χ1v) is 21.5. The number of amides is 1. The van der Waals surface area contributed by atoms with Gasteiger partial charge in [-0.1, -0.05) is 206 Å². The molecule has 0 bridgehead atoms. The van der Waals surface area contributed by atoms with E-state index in [4.69, 9.17) is 19.9 Å². The fourth-order valence-corrected chi connectivity index (χ4v) is 6.33. The second-order valence-corrected chi connectivity index (χ2v) is 14.5. The van der Waals surface area contributed by atoms with E-state index < -0.39 is 0 Å². The van der Waals surface area contributed by atoms with Gasteiger partial charge >= 0.3 is 6.09 Å². The lowest BCUT2D eigenvalue weighted by atomic mass is 10.0. The third-order valence-corrected chi connectivity index (χ3v) is 9.57. The van der Waals surface area contributed by atoms with E-state index in [1.807, 2.05) is 0 Å². The van der Waals surface area contributed by atoms with Crippen molar-refractivity contribution in [1.82, 2.24) is 5.32 Å². The Balaban J connectivity index is 3.24. The lowest BCUT2D eigenvalue weighted by molar-refractivity contribution is -0.225. The molecule has 0 heterocycles. The number of unbranched alkanes of at least 4 members (excludes halogenated alkanes) is 31. The first kappa shape index (κ1) is 46.7. The molecule has 286 valence electrons. The minimum absolute atomic E-state index is 0.213. The zero-order valence-corrected chi connectivity index (χ0v) is 32.5. The van der Waals surface area contributed by atoms with Gasteiger partial charge in [0.25, 0.3) is 0 Å². The van der Waals surface area contributed by atoms with Crippen molar-refractivity contribution in [3.8, 4) is 0 Å². The number of nitrogens with one attached hydrogen (secondary N) is 2. The molecule has 2 N–H and O–H groups in total. The molecular formula is C42H84N2O4. The van der Waals surface area contributed by atoms with E-state index in [2.05, 4.69) is 19.2 Å². The molecule has 1 amide bonds. The SMILES string of the molecule is CCCCCCCCCCCCCCCCCCNC(=O)OCCCCOOC(=N)CCCCCCCCCCCCCCCCCC. The van der Waals surface area contributed by atoms with E-state index in [0.717, 1.165) is 32.1 Å². The van der Waals surface area contributed by atoms with Crippen LogP contribution in [0.2, 0.25) is 0 Å². The summed E-state index contributed by atoms with van der Waals surface area (Å²) in [4.78, 5) is 22.1. The van der Waals surface area contributed by atoms with E-state index in [1.54, 1.807) is 0 Å². The van der Waals surface area contributed by atoms with Crippen molar-refractivity contribution in [2.75, 3.05) is 19.8 Å². The number of alkyl carbamates (subject to hydrolysis) is 1. The van der Waals surface area contributed by atoms with Crippen molar-refractivity contribution in [2.45, 2.75) is 239 Å². The molecule has 0 saturated carbocycles. The molecule has 0 fully saturated rings. The van der Waals surface area contributed by atoms with Gasteiger partial charge in [0.1, 0.15) is 0 Å². The predicted octanol–water partition coefficient (Wildman–Crippen LogP) is 14.3. The first-order valence-electron chi connectivity index (χ1n) is 21.5. The Morgan fingerprint density at radius 3 is 1.17 bits per heavy atom. The van der Waals surface area contributed by atoms with Crippen LogP contribution in [-0.4, -0.2) is 31.7 Å². The fraction of sp³-hybridized carbons (Fsp3) is 0.952. The van der Waals surface area contributed by atoms with Gasteiger partial charge in [0.15, 0.2) is 0 Å². The molecular weight excluding hydrogens is 596 g/mol. The summed E-state index contributed by atoms with van der Waals surface area (Å²) in [6.45, 7) is 6.04. The highest BCUT2D eigenvalue weighted by Crippen LogP contribution is 2.15. The smallest absolute Gasteiger partial charge is 0.407 e. The second-order valence-electron chi connectivity index (χ2n) is 14.5. The maximum atomic E-state index is 11.9. The Bertz CT molecular complexity index is 645. The summed E-state index contributed by atoms with van der Waals surface area (Å²) in [6, 6.07) is 0. The standard InChI is InChI=1S/C42H84N2O4/c1-3-5-7-9-11-13-15-17-19-21-23-25-27-29-31-33-37-41(43)48-47-40-36-35-39-46-42(45)44-38-34-32-30-28-26-24-22-20-18-16-14-12-10-8-6-4-2/h43H,3-40H2,1-2H3,(H,44,45). The van der Waals surface area contributed by atoms with Gasteiger partial charge in [0, 0.05) is 13.0 Å².